The lowest BCUT2D eigenvalue weighted by atomic mass is 10.1. The summed E-state index contributed by atoms with van der Waals surface area (Å²) in [7, 11) is 0. The number of hydrogen-bond donors (Lipinski definition) is 1. The lowest BCUT2D eigenvalue weighted by Gasteiger charge is -2.09. The van der Waals surface area contributed by atoms with Crippen LogP contribution in [0.15, 0.2) is 36.5 Å². The Morgan fingerprint density at radius 1 is 1.08 bits per heavy atom. The molecule has 0 unspecified atom stereocenters. The number of aryl methyl sites for hydroxylation is 3. The maximum Gasteiger partial charge on any atom is 0.267 e. The SMILES string of the molecule is Cc1nc(C)c(C(=O)Nc2cc(-c3nc4cccnc4s3)ccc2C)s1. The second kappa shape index (κ2) is 6.59. The molecule has 3 heterocycles. The summed E-state index contributed by atoms with van der Waals surface area (Å²) in [5, 5.41) is 4.79. The minimum atomic E-state index is -0.126. The van der Waals surface area contributed by atoms with Crippen molar-refractivity contribution in [2.45, 2.75) is 20.8 Å². The Morgan fingerprint density at radius 2 is 1.92 bits per heavy atom. The highest BCUT2D eigenvalue weighted by atomic mass is 32.1. The molecule has 0 atom stereocenters. The number of thiazole rings is 2. The van der Waals surface area contributed by atoms with Crippen LogP contribution in [0.2, 0.25) is 0 Å². The maximum absolute atomic E-state index is 12.6. The van der Waals surface area contributed by atoms with Gasteiger partial charge in [0.2, 0.25) is 0 Å². The number of hydrogen-bond acceptors (Lipinski definition) is 6. The molecule has 1 amide bonds. The van der Waals surface area contributed by atoms with E-state index in [1.807, 2.05) is 51.1 Å². The van der Waals surface area contributed by atoms with Crippen LogP contribution in [0.25, 0.3) is 20.9 Å². The average molecular weight is 380 g/mol. The van der Waals surface area contributed by atoms with E-state index in [-0.39, 0.29) is 5.91 Å². The van der Waals surface area contributed by atoms with E-state index >= 15 is 0 Å². The van der Waals surface area contributed by atoms with Gasteiger partial charge >= 0.3 is 0 Å². The van der Waals surface area contributed by atoms with E-state index in [4.69, 9.17) is 0 Å². The number of nitrogens with one attached hydrogen (secondary N) is 1. The molecule has 4 rings (SSSR count). The number of carbonyl (C=O) groups excluding carboxylic acids is 1. The van der Waals surface area contributed by atoms with Gasteiger partial charge in [-0.05, 0) is 44.5 Å². The Bertz CT molecular complexity index is 1100. The van der Waals surface area contributed by atoms with Crippen LogP contribution in [-0.4, -0.2) is 20.9 Å². The quantitative estimate of drug-likeness (QED) is 0.543. The van der Waals surface area contributed by atoms with Crippen molar-refractivity contribution in [2.75, 3.05) is 5.32 Å². The number of nitrogens with zero attached hydrogens (tertiary/aromatic N) is 3. The molecule has 0 aliphatic heterocycles. The van der Waals surface area contributed by atoms with Crippen LogP contribution in [0, 0.1) is 20.8 Å². The van der Waals surface area contributed by atoms with Crippen LogP contribution in [-0.2, 0) is 0 Å². The van der Waals surface area contributed by atoms with Gasteiger partial charge in [-0.25, -0.2) is 15.0 Å². The first kappa shape index (κ1) is 16.8. The summed E-state index contributed by atoms with van der Waals surface area (Å²) in [5.74, 6) is -0.126. The van der Waals surface area contributed by atoms with Crippen molar-refractivity contribution < 1.29 is 4.79 Å². The van der Waals surface area contributed by atoms with Gasteiger partial charge in [-0.3, -0.25) is 4.79 Å². The highest BCUT2D eigenvalue weighted by Gasteiger charge is 2.16. The molecule has 1 aromatic carbocycles. The van der Waals surface area contributed by atoms with Gasteiger partial charge in [0, 0.05) is 17.4 Å². The maximum atomic E-state index is 12.6. The van der Waals surface area contributed by atoms with Crippen LogP contribution < -0.4 is 5.32 Å². The van der Waals surface area contributed by atoms with Crippen molar-refractivity contribution in [1.29, 1.82) is 0 Å². The lowest BCUT2D eigenvalue weighted by molar-refractivity contribution is 0.102. The van der Waals surface area contributed by atoms with Gasteiger partial charge in [-0.1, -0.05) is 23.5 Å². The van der Waals surface area contributed by atoms with Crippen LogP contribution in [0.4, 0.5) is 5.69 Å². The van der Waals surface area contributed by atoms with Crippen molar-refractivity contribution in [1.82, 2.24) is 15.0 Å². The molecule has 130 valence electrons. The number of rotatable bonds is 3. The molecule has 0 radical (unpaired) electrons. The largest absolute Gasteiger partial charge is 0.321 e. The van der Waals surface area contributed by atoms with Crippen LogP contribution in [0.1, 0.15) is 25.9 Å². The fourth-order valence-corrected chi connectivity index (χ4v) is 4.42. The number of fused-ring (bicyclic) bond motifs is 1. The molecule has 0 saturated carbocycles. The van der Waals surface area contributed by atoms with E-state index in [2.05, 4.69) is 20.3 Å². The number of amides is 1. The summed E-state index contributed by atoms with van der Waals surface area (Å²) < 4.78 is 0. The fourth-order valence-electron chi connectivity index (χ4n) is 2.70. The average Bonchev–Trinajstić information content (AvgIpc) is 3.19. The predicted octanol–water partition coefficient (Wildman–Crippen LogP) is 4.99. The molecule has 0 aliphatic rings. The first-order valence-corrected chi connectivity index (χ1v) is 9.72. The summed E-state index contributed by atoms with van der Waals surface area (Å²) in [6.07, 6.45) is 1.77. The summed E-state index contributed by atoms with van der Waals surface area (Å²) in [6, 6.07) is 9.81. The Morgan fingerprint density at radius 3 is 2.65 bits per heavy atom. The fraction of sp³-hybridized carbons (Fsp3) is 0.158. The van der Waals surface area contributed by atoms with Gasteiger partial charge in [0.15, 0.2) is 0 Å². The third kappa shape index (κ3) is 3.11. The molecule has 7 heteroatoms. The third-order valence-electron chi connectivity index (χ3n) is 4.01. The Balaban J connectivity index is 1.68. The molecular weight excluding hydrogens is 364 g/mol. The summed E-state index contributed by atoms with van der Waals surface area (Å²) >= 11 is 2.95. The second-order valence-corrected chi connectivity index (χ2v) is 8.16. The molecule has 0 spiro atoms. The van der Waals surface area contributed by atoms with Crippen LogP contribution in [0.3, 0.4) is 0 Å². The number of carbonyl (C=O) groups is 1. The van der Waals surface area contributed by atoms with Gasteiger partial charge in [-0.2, -0.15) is 0 Å². The Kier molecular flexibility index (Phi) is 4.26. The molecule has 3 aromatic heterocycles. The Hall–Kier alpha value is -2.64. The highest BCUT2D eigenvalue weighted by molar-refractivity contribution is 7.21. The van der Waals surface area contributed by atoms with Gasteiger partial charge in [0.05, 0.1) is 10.7 Å². The summed E-state index contributed by atoms with van der Waals surface area (Å²) in [6.45, 7) is 5.74. The molecule has 0 fully saturated rings. The van der Waals surface area contributed by atoms with Gasteiger partial charge < -0.3 is 5.32 Å². The van der Waals surface area contributed by atoms with Crippen molar-refractivity contribution in [3.8, 4) is 10.6 Å². The van der Waals surface area contributed by atoms with E-state index in [0.29, 0.717) is 4.88 Å². The van der Waals surface area contributed by atoms with E-state index in [1.165, 1.54) is 11.3 Å². The first-order valence-electron chi connectivity index (χ1n) is 8.09. The minimum Gasteiger partial charge on any atom is -0.321 e. The zero-order valence-electron chi connectivity index (χ0n) is 14.5. The van der Waals surface area contributed by atoms with Crippen molar-refractivity contribution in [3.63, 3.8) is 0 Å². The molecule has 1 N–H and O–H groups in total. The van der Waals surface area contributed by atoms with Gasteiger partial charge in [-0.15, -0.1) is 11.3 Å². The summed E-state index contributed by atoms with van der Waals surface area (Å²) in [4.78, 5) is 27.5. The lowest BCUT2D eigenvalue weighted by Crippen LogP contribution is -2.12. The number of anilines is 1. The molecule has 4 aromatic rings. The third-order valence-corrected chi connectivity index (χ3v) is 6.11. The normalized spacial score (nSPS) is 11.0. The van der Waals surface area contributed by atoms with E-state index in [1.54, 1.807) is 17.5 Å². The molecule has 5 nitrogen and oxygen atoms in total. The molecule has 0 bridgehead atoms. The van der Waals surface area contributed by atoms with Crippen molar-refractivity contribution in [3.05, 3.63) is 57.7 Å². The van der Waals surface area contributed by atoms with Crippen LogP contribution in [0.5, 0.6) is 0 Å². The zero-order chi connectivity index (χ0) is 18.3. The number of benzene rings is 1. The molecule has 0 saturated heterocycles. The van der Waals surface area contributed by atoms with Crippen molar-refractivity contribution >= 4 is 44.6 Å². The standard InChI is InChI=1S/C19H16N4OS2/c1-10-6-7-13(18-23-14-5-4-8-20-19(14)26-18)9-15(10)22-17(24)16-11(2)21-12(3)25-16/h4-9H,1-3H3,(H,22,24). The topological polar surface area (TPSA) is 67.8 Å². The summed E-state index contributed by atoms with van der Waals surface area (Å²) in [5.41, 5.74) is 4.39. The predicted molar refractivity (Wildman–Crippen MR) is 107 cm³/mol. The van der Waals surface area contributed by atoms with Crippen LogP contribution >= 0.6 is 22.7 Å². The Labute approximate surface area is 158 Å². The minimum absolute atomic E-state index is 0.126. The van der Waals surface area contributed by atoms with Gasteiger partial charge in [0.25, 0.3) is 5.91 Å². The van der Waals surface area contributed by atoms with E-state index in [0.717, 1.165) is 42.9 Å². The molecule has 26 heavy (non-hydrogen) atoms. The smallest absolute Gasteiger partial charge is 0.267 e. The first-order chi connectivity index (χ1) is 12.5. The number of pyridine rings is 1. The molecule has 0 aliphatic carbocycles. The van der Waals surface area contributed by atoms with E-state index < -0.39 is 0 Å². The molecular formula is C19H16N4OS2. The zero-order valence-corrected chi connectivity index (χ0v) is 16.2. The van der Waals surface area contributed by atoms with Crippen molar-refractivity contribution in [2.24, 2.45) is 0 Å². The monoisotopic (exact) mass is 380 g/mol. The second-order valence-electron chi connectivity index (χ2n) is 5.98. The van der Waals surface area contributed by atoms with Gasteiger partial charge in [0.1, 0.15) is 20.2 Å². The number of aromatic nitrogens is 3. The van der Waals surface area contributed by atoms with E-state index in [9.17, 15) is 4.79 Å². The highest BCUT2D eigenvalue weighted by Crippen LogP contribution is 2.31.